The van der Waals surface area contributed by atoms with Gasteiger partial charge in [-0.3, -0.25) is 0 Å². The second-order valence-electron chi connectivity index (χ2n) is 4.11. The molecule has 0 saturated heterocycles. The molecule has 1 N–H and O–H groups in total. The molecule has 0 radical (unpaired) electrons. The van der Waals surface area contributed by atoms with Gasteiger partial charge in [0, 0.05) is 6.61 Å². The van der Waals surface area contributed by atoms with Crippen molar-refractivity contribution in [1.82, 2.24) is 0 Å². The summed E-state index contributed by atoms with van der Waals surface area (Å²) >= 11 is 0. The van der Waals surface area contributed by atoms with Gasteiger partial charge in [0.05, 0.1) is 23.1 Å². The van der Waals surface area contributed by atoms with Gasteiger partial charge in [-0.05, 0) is 17.5 Å². The number of nitrogens with zero attached hydrogens (tertiary/aromatic N) is 1. The molecule has 92 valence electrons. The average Bonchev–Trinajstić information content (AvgIpc) is 2.28. The lowest BCUT2D eigenvalue weighted by molar-refractivity contribution is 0.249. The van der Waals surface area contributed by atoms with Gasteiger partial charge in [0.25, 0.3) is 0 Å². The van der Waals surface area contributed by atoms with Crippen molar-refractivity contribution < 1.29 is 13.5 Å². The summed E-state index contributed by atoms with van der Waals surface area (Å²) in [4.78, 5) is 0. The van der Waals surface area contributed by atoms with E-state index in [1.807, 2.05) is 6.07 Å². The molecule has 1 aromatic rings. The van der Waals surface area contributed by atoms with Crippen molar-refractivity contribution in [3.8, 4) is 6.07 Å². The summed E-state index contributed by atoms with van der Waals surface area (Å²) in [5.74, 6) is -0.501. The second kappa shape index (κ2) is 5.80. The summed E-state index contributed by atoms with van der Waals surface area (Å²) in [6.07, 6.45) is 0. The van der Waals surface area contributed by atoms with E-state index in [1.54, 1.807) is 31.2 Å². The van der Waals surface area contributed by atoms with E-state index in [0.717, 1.165) is 0 Å². The molecular formula is C12H15NO3S. The molecule has 0 bridgehead atoms. The number of aliphatic hydroxyl groups excluding tert-OH is 1. The largest absolute Gasteiger partial charge is 0.396 e. The Morgan fingerprint density at radius 1 is 1.41 bits per heavy atom. The van der Waals surface area contributed by atoms with Crippen molar-refractivity contribution in [1.29, 1.82) is 5.26 Å². The molecule has 17 heavy (non-hydrogen) atoms. The summed E-state index contributed by atoms with van der Waals surface area (Å²) < 4.78 is 23.6. The Kier molecular flexibility index (Phi) is 4.67. The minimum Gasteiger partial charge on any atom is -0.396 e. The number of nitriles is 1. The number of aliphatic hydroxyl groups is 1. The first-order valence-corrected chi connectivity index (χ1v) is 7.10. The predicted octanol–water partition coefficient (Wildman–Crippen LogP) is 1.10. The number of benzene rings is 1. The Labute approximate surface area is 101 Å². The zero-order valence-corrected chi connectivity index (χ0v) is 10.4. The number of hydrogen-bond acceptors (Lipinski definition) is 4. The topological polar surface area (TPSA) is 78.2 Å². The highest BCUT2D eigenvalue weighted by Gasteiger charge is 2.17. The normalized spacial score (nSPS) is 13.0. The maximum atomic E-state index is 11.8. The second-order valence-corrected chi connectivity index (χ2v) is 6.22. The monoisotopic (exact) mass is 253 g/mol. The lowest BCUT2D eigenvalue weighted by atomic mass is 10.1. The van der Waals surface area contributed by atoms with Gasteiger partial charge in [0.2, 0.25) is 0 Å². The van der Waals surface area contributed by atoms with Crippen LogP contribution >= 0.6 is 0 Å². The molecule has 0 aliphatic heterocycles. The van der Waals surface area contributed by atoms with Gasteiger partial charge in [0.15, 0.2) is 9.84 Å². The van der Waals surface area contributed by atoms with Crippen LogP contribution in [0.5, 0.6) is 0 Å². The maximum absolute atomic E-state index is 11.8. The molecule has 1 atom stereocenters. The molecule has 0 aliphatic rings. The fourth-order valence-corrected chi connectivity index (χ4v) is 3.35. The molecule has 5 heteroatoms. The fraction of sp³-hybridized carbons (Fsp3) is 0.417. The lowest BCUT2D eigenvalue weighted by Crippen LogP contribution is -2.18. The Morgan fingerprint density at radius 3 is 2.65 bits per heavy atom. The van der Waals surface area contributed by atoms with Crippen LogP contribution in [0.1, 0.15) is 18.1 Å². The van der Waals surface area contributed by atoms with Crippen molar-refractivity contribution in [2.75, 3.05) is 12.4 Å². The first-order chi connectivity index (χ1) is 7.98. The fourth-order valence-electron chi connectivity index (χ4n) is 1.54. The summed E-state index contributed by atoms with van der Waals surface area (Å²) in [6, 6.07) is 8.62. The van der Waals surface area contributed by atoms with Crippen molar-refractivity contribution in [3.05, 3.63) is 35.4 Å². The van der Waals surface area contributed by atoms with Crippen molar-refractivity contribution in [2.45, 2.75) is 12.7 Å². The minimum absolute atomic E-state index is 0.0662. The van der Waals surface area contributed by atoms with E-state index >= 15 is 0 Å². The highest BCUT2D eigenvalue weighted by molar-refractivity contribution is 7.90. The van der Waals surface area contributed by atoms with Crippen LogP contribution in [0.3, 0.4) is 0 Å². The van der Waals surface area contributed by atoms with Crippen LogP contribution in [-0.4, -0.2) is 25.9 Å². The van der Waals surface area contributed by atoms with Crippen LogP contribution in [0.2, 0.25) is 0 Å². The lowest BCUT2D eigenvalue weighted by Gasteiger charge is -2.09. The van der Waals surface area contributed by atoms with Crippen LogP contribution in [-0.2, 0) is 15.6 Å². The number of rotatable bonds is 5. The zero-order valence-electron chi connectivity index (χ0n) is 9.63. The molecule has 0 heterocycles. The van der Waals surface area contributed by atoms with Crippen molar-refractivity contribution in [3.63, 3.8) is 0 Å². The summed E-state index contributed by atoms with van der Waals surface area (Å²) in [7, 11) is -3.29. The molecule has 0 unspecified atom stereocenters. The Morgan fingerprint density at radius 2 is 2.06 bits per heavy atom. The van der Waals surface area contributed by atoms with E-state index in [0.29, 0.717) is 11.1 Å². The molecule has 0 fully saturated rings. The molecule has 0 spiro atoms. The average molecular weight is 253 g/mol. The third-order valence-corrected chi connectivity index (χ3v) is 4.19. The molecular weight excluding hydrogens is 238 g/mol. The van der Waals surface area contributed by atoms with E-state index in [2.05, 4.69) is 0 Å². The van der Waals surface area contributed by atoms with E-state index in [9.17, 15) is 8.42 Å². The van der Waals surface area contributed by atoms with E-state index in [1.165, 1.54) is 0 Å². The smallest absolute Gasteiger partial charge is 0.154 e. The molecule has 4 nitrogen and oxygen atoms in total. The van der Waals surface area contributed by atoms with Crippen LogP contribution in [0.25, 0.3) is 0 Å². The summed E-state index contributed by atoms with van der Waals surface area (Å²) in [6.45, 7) is 1.52. The zero-order chi connectivity index (χ0) is 12.9. The van der Waals surface area contributed by atoms with Gasteiger partial charge in [-0.1, -0.05) is 25.1 Å². The van der Waals surface area contributed by atoms with E-state index < -0.39 is 9.84 Å². The highest BCUT2D eigenvalue weighted by atomic mass is 32.2. The summed E-state index contributed by atoms with van der Waals surface area (Å²) in [5.41, 5.74) is 0.896. The molecule has 1 rings (SSSR count). The van der Waals surface area contributed by atoms with Gasteiger partial charge < -0.3 is 5.11 Å². The Bertz CT molecular complexity index is 517. The van der Waals surface area contributed by atoms with E-state index in [-0.39, 0.29) is 24.0 Å². The molecule has 0 amide bonds. The number of sulfone groups is 1. The quantitative estimate of drug-likeness (QED) is 0.852. The van der Waals surface area contributed by atoms with Crippen molar-refractivity contribution in [2.24, 2.45) is 5.92 Å². The van der Waals surface area contributed by atoms with Crippen LogP contribution in [0.15, 0.2) is 24.3 Å². The predicted molar refractivity (Wildman–Crippen MR) is 64.9 cm³/mol. The van der Waals surface area contributed by atoms with Gasteiger partial charge in [-0.2, -0.15) is 5.26 Å². The third-order valence-electron chi connectivity index (χ3n) is 2.36. The Balaban J connectivity index is 2.88. The van der Waals surface area contributed by atoms with Gasteiger partial charge in [-0.25, -0.2) is 8.42 Å². The molecule has 0 aromatic heterocycles. The SMILES string of the molecule is C[C@@H](CO)CS(=O)(=O)Cc1ccccc1C#N. The number of hydrogen-bond donors (Lipinski definition) is 1. The molecule has 1 aromatic carbocycles. The van der Waals surface area contributed by atoms with Gasteiger partial charge in [0.1, 0.15) is 0 Å². The molecule has 0 saturated carbocycles. The highest BCUT2D eigenvalue weighted by Crippen LogP contribution is 2.13. The standard InChI is InChI=1S/C12H15NO3S/c1-10(7-14)8-17(15,16)9-12-5-3-2-4-11(12)6-13/h2-5,10,14H,7-9H2,1H3/t10-/m0/s1. The van der Waals surface area contributed by atoms with Crippen molar-refractivity contribution >= 4 is 9.84 Å². The van der Waals surface area contributed by atoms with Crippen LogP contribution < -0.4 is 0 Å². The third kappa shape index (κ3) is 4.17. The van der Waals surface area contributed by atoms with Gasteiger partial charge >= 0.3 is 0 Å². The Hall–Kier alpha value is -1.38. The maximum Gasteiger partial charge on any atom is 0.154 e. The first-order valence-electron chi connectivity index (χ1n) is 5.28. The van der Waals surface area contributed by atoms with Gasteiger partial charge in [-0.15, -0.1) is 0 Å². The molecule has 0 aliphatic carbocycles. The van der Waals surface area contributed by atoms with Crippen LogP contribution in [0.4, 0.5) is 0 Å². The van der Waals surface area contributed by atoms with Crippen LogP contribution in [0, 0.1) is 17.2 Å². The minimum atomic E-state index is -3.29. The summed E-state index contributed by atoms with van der Waals surface area (Å²) in [5, 5.41) is 17.7. The van der Waals surface area contributed by atoms with E-state index in [4.69, 9.17) is 10.4 Å². The first kappa shape index (κ1) is 13.7.